The molecule has 1 aliphatic heterocycles. The van der Waals surface area contributed by atoms with Crippen LogP contribution in [0.2, 0.25) is 0 Å². The lowest BCUT2D eigenvalue weighted by Crippen LogP contribution is -2.27. The topological polar surface area (TPSA) is 133 Å². The summed E-state index contributed by atoms with van der Waals surface area (Å²) in [6, 6.07) is 19.6. The van der Waals surface area contributed by atoms with Crippen molar-refractivity contribution in [1.29, 1.82) is 0 Å². The third kappa shape index (κ3) is 5.61. The number of rotatable bonds is 8. The molecular formula is C26H20N2O8. The number of hydrogen-bond donors (Lipinski definition) is 0. The summed E-state index contributed by atoms with van der Waals surface area (Å²) < 4.78 is 10.4. The Kier molecular flexibility index (Phi) is 7.15. The average molecular weight is 488 g/mol. The van der Waals surface area contributed by atoms with E-state index in [1.807, 2.05) is 6.07 Å². The zero-order chi connectivity index (χ0) is 25.7. The average Bonchev–Trinajstić information content (AvgIpc) is 3.29. The number of ether oxygens (including phenoxy) is 2. The second-order valence-corrected chi connectivity index (χ2v) is 7.99. The van der Waals surface area contributed by atoms with Gasteiger partial charge in [-0.3, -0.25) is 24.5 Å². The zero-order valence-electron chi connectivity index (χ0n) is 18.9. The number of benzene rings is 3. The van der Waals surface area contributed by atoms with Gasteiger partial charge in [-0.25, -0.2) is 4.79 Å². The van der Waals surface area contributed by atoms with Crippen molar-refractivity contribution >= 4 is 35.0 Å². The van der Waals surface area contributed by atoms with Crippen LogP contribution in [0.15, 0.2) is 78.9 Å². The maximum Gasteiger partial charge on any atom is 0.343 e. The molecule has 0 aromatic heterocycles. The molecule has 3 aromatic rings. The molecule has 0 aliphatic carbocycles. The fourth-order valence-electron chi connectivity index (χ4n) is 3.65. The van der Waals surface area contributed by atoms with Crippen molar-refractivity contribution in [3.63, 3.8) is 0 Å². The normalized spacial score (nSPS) is 14.8. The number of para-hydroxylation sites is 1. The number of hydrogen-bond acceptors (Lipinski definition) is 8. The van der Waals surface area contributed by atoms with Crippen LogP contribution in [0.4, 0.5) is 11.4 Å². The lowest BCUT2D eigenvalue weighted by molar-refractivity contribution is -0.384. The molecule has 0 spiro atoms. The third-order valence-electron chi connectivity index (χ3n) is 5.57. The smallest absolute Gasteiger partial charge is 0.343 e. The van der Waals surface area contributed by atoms with Gasteiger partial charge in [-0.1, -0.05) is 18.2 Å². The molecule has 1 aliphatic rings. The Balaban J connectivity index is 1.28. The molecule has 0 unspecified atom stereocenters. The first kappa shape index (κ1) is 24.3. The largest absolute Gasteiger partial charge is 0.457 e. The van der Waals surface area contributed by atoms with Crippen LogP contribution in [0.25, 0.3) is 0 Å². The van der Waals surface area contributed by atoms with Crippen molar-refractivity contribution in [3.05, 3.63) is 100 Å². The van der Waals surface area contributed by atoms with Crippen molar-refractivity contribution in [2.75, 3.05) is 18.1 Å². The van der Waals surface area contributed by atoms with Gasteiger partial charge in [-0.2, -0.15) is 0 Å². The number of carbonyl (C=O) groups is 4. The van der Waals surface area contributed by atoms with Gasteiger partial charge in [-0.15, -0.1) is 0 Å². The highest BCUT2D eigenvalue weighted by atomic mass is 16.6. The first-order valence-corrected chi connectivity index (χ1v) is 10.9. The summed E-state index contributed by atoms with van der Waals surface area (Å²) >= 11 is 0. The van der Waals surface area contributed by atoms with E-state index in [0.717, 1.165) is 0 Å². The van der Waals surface area contributed by atoms with Crippen LogP contribution in [0.5, 0.6) is 5.75 Å². The summed E-state index contributed by atoms with van der Waals surface area (Å²) in [4.78, 5) is 61.0. The van der Waals surface area contributed by atoms with Crippen LogP contribution in [-0.4, -0.2) is 41.7 Å². The van der Waals surface area contributed by atoms with E-state index in [1.54, 1.807) is 24.3 Å². The van der Waals surface area contributed by atoms with Crippen LogP contribution in [-0.2, 0) is 14.3 Å². The summed E-state index contributed by atoms with van der Waals surface area (Å²) in [5.41, 5.74) is 0.918. The Labute approximate surface area is 205 Å². The minimum Gasteiger partial charge on any atom is -0.457 e. The van der Waals surface area contributed by atoms with Crippen molar-refractivity contribution in [2.24, 2.45) is 5.92 Å². The van der Waals surface area contributed by atoms with Gasteiger partial charge >= 0.3 is 11.9 Å². The van der Waals surface area contributed by atoms with Crippen LogP contribution in [0.3, 0.4) is 0 Å². The summed E-state index contributed by atoms with van der Waals surface area (Å²) in [6.07, 6.45) is 0.0107. The Morgan fingerprint density at radius 3 is 2.19 bits per heavy atom. The number of nitro benzene ring substituents is 1. The molecule has 10 heteroatoms. The van der Waals surface area contributed by atoms with Gasteiger partial charge in [0.25, 0.3) is 5.69 Å². The first-order chi connectivity index (χ1) is 17.3. The first-order valence-electron chi connectivity index (χ1n) is 10.9. The Bertz CT molecular complexity index is 1300. The fraction of sp³-hybridized carbons (Fsp3) is 0.154. The van der Waals surface area contributed by atoms with Crippen LogP contribution < -0.4 is 9.64 Å². The second kappa shape index (κ2) is 10.6. The highest BCUT2D eigenvalue weighted by Gasteiger charge is 2.36. The van der Waals surface area contributed by atoms with E-state index in [-0.39, 0.29) is 41.4 Å². The Hall–Kier alpha value is -4.86. The molecule has 1 heterocycles. The molecule has 3 aromatic carbocycles. The monoisotopic (exact) mass is 488 g/mol. The van der Waals surface area contributed by atoms with Gasteiger partial charge in [0.05, 0.1) is 16.4 Å². The number of esters is 2. The van der Waals surface area contributed by atoms with Gasteiger partial charge in [0.2, 0.25) is 5.91 Å². The van der Waals surface area contributed by atoms with Crippen molar-refractivity contribution in [2.45, 2.75) is 6.42 Å². The number of amides is 1. The molecular weight excluding hydrogens is 468 g/mol. The summed E-state index contributed by atoms with van der Waals surface area (Å²) in [5, 5.41) is 10.7. The number of carbonyl (C=O) groups excluding carboxylic acids is 4. The van der Waals surface area contributed by atoms with Gasteiger partial charge in [0.15, 0.2) is 12.4 Å². The van der Waals surface area contributed by atoms with E-state index in [0.29, 0.717) is 5.69 Å². The highest BCUT2D eigenvalue weighted by molar-refractivity contribution is 6.01. The van der Waals surface area contributed by atoms with Crippen LogP contribution in [0.1, 0.15) is 27.1 Å². The number of nitrogens with zero attached hydrogens (tertiary/aromatic N) is 2. The molecule has 1 atom stereocenters. The quantitative estimate of drug-likeness (QED) is 0.154. The van der Waals surface area contributed by atoms with Crippen LogP contribution >= 0.6 is 0 Å². The van der Waals surface area contributed by atoms with Gasteiger partial charge in [0, 0.05) is 36.3 Å². The molecule has 1 saturated heterocycles. The number of ketones is 1. The summed E-state index contributed by atoms with van der Waals surface area (Å²) in [6.45, 7) is -0.304. The predicted octanol–water partition coefficient (Wildman–Crippen LogP) is 3.59. The third-order valence-corrected chi connectivity index (χ3v) is 5.57. The molecule has 0 N–H and O–H groups in total. The molecule has 0 bridgehead atoms. The zero-order valence-corrected chi connectivity index (χ0v) is 18.9. The van der Waals surface area contributed by atoms with E-state index in [4.69, 9.17) is 9.47 Å². The molecule has 1 amide bonds. The molecule has 4 rings (SSSR count). The van der Waals surface area contributed by atoms with Crippen molar-refractivity contribution in [1.82, 2.24) is 0 Å². The molecule has 182 valence electrons. The lowest BCUT2D eigenvalue weighted by atomic mass is 10.1. The number of nitro groups is 1. The molecule has 36 heavy (non-hydrogen) atoms. The predicted molar refractivity (Wildman–Crippen MR) is 127 cm³/mol. The van der Waals surface area contributed by atoms with E-state index in [1.165, 1.54) is 53.4 Å². The van der Waals surface area contributed by atoms with Gasteiger partial charge in [0.1, 0.15) is 5.75 Å². The number of Topliss-reactive ketones (excluding diaryl/α,β-unsaturated/α-hetero) is 1. The van der Waals surface area contributed by atoms with E-state index < -0.39 is 35.2 Å². The van der Waals surface area contributed by atoms with Gasteiger partial charge in [-0.05, 0) is 48.5 Å². The number of anilines is 1. The number of non-ortho nitro benzene ring substituents is 1. The van der Waals surface area contributed by atoms with E-state index >= 15 is 0 Å². The van der Waals surface area contributed by atoms with Crippen molar-refractivity contribution in [3.8, 4) is 5.75 Å². The van der Waals surface area contributed by atoms with Gasteiger partial charge < -0.3 is 14.4 Å². The molecule has 10 nitrogen and oxygen atoms in total. The maximum atomic E-state index is 12.4. The standard InChI is InChI=1S/C26H20N2O8/c29-23(16-35-25(31)19-14-24(30)27(15-19)20-4-2-1-3-5-20)17-8-12-22(13-9-17)36-26(32)18-6-10-21(11-7-18)28(33)34/h1-13,19H,14-16H2/t19-/m1/s1. The highest BCUT2D eigenvalue weighted by Crippen LogP contribution is 2.25. The van der Waals surface area contributed by atoms with E-state index in [2.05, 4.69) is 0 Å². The Morgan fingerprint density at radius 2 is 1.56 bits per heavy atom. The minimum absolute atomic E-state index is 0.0107. The molecule has 0 radical (unpaired) electrons. The minimum atomic E-state index is -0.714. The summed E-state index contributed by atoms with van der Waals surface area (Å²) in [5.74, 6) is -2.48. The molecule has 1 fully saturated rings. The van der Waals surface area contributed by atoms with Crippen molar-refractivity contribution < 1.29 is 33.6 Å². The van der Waals surface area contributed by atoms with E-state index in [9.17, 15) is 29.3 Å². The maximum absolute atomic E-state index is 12.4. The van der Waals surface area contributed by atoms with Crippen LogP contribution in [0, 0.1) is 16.0 Å². The summed E-state index contributed by atoms with van der Waals surface area (Å²) in [7, 11) is 0. The SMILES string of the molecule is O=C(COC(=O)[C@@H]1CC(=O)N(c2ccccc2)C1)c1ccc(OC(=O)c2ccc([N+](=O)[O-])cc2)cc1. The lowest BCUT2D eigenvalue weighted by Gasteiger charge is -2.16. The Morgan fingerprint density at radius 1 is 0.917 bits per heavy atom. The fourth-order valence-corrected chi connectivity index (χ4v) is 3.65. The second-order valence-electron chi connectivity index (χ2n) is 7.99. The molecule has 0 saturated carbocycles.